The Morgan fingerprint density at radius 2 is 2.00 bits per heavy atom. The van der Waals surface area contributed by atoms with Gasteiger partial charge < -0.3 is 10.4 Å². The van der Waals surface area contributed by atoms with Crippen LogP contribution in [0.15, 0.2) is 41.0 Å². The van der Waals surface area contributed by atoms with E-state index in [0.717, 1.165) is 0 Å². The molecule has 0 spiro atoms. The first-order chi connectivity index (χ1) is 9.47. The fourth-order valence-electron chi connectivity index (χ4n) is 1.51. The topological polar surface area (TPSA) is 79.3 Å². The Kier molecular flexibility index (Phi) is 4.36. The molecule has 0 unspecified atom stereocenters. The van der Waals surface area contributed by atoms with E-state index >= 15 is 0 Å². The first-order valence-electron chi connectivity index (χ1n) is 5.43. The largest absolute Gasteiger partial charge is 0.478 e. The minimum absolute atomic E-state index is 0.00322. The molecule has 1 aromatic heterocycles. The van der Waals surface area contributed by atoms with E-state index in [1.165, 1.54) is 30.5 Å². The van der Waals surface area contributed by atoms with Crippen molar-refractivity contribution < 1.29 is 14.7 Å². The standard InChI is InChI=1S/C13H8BrClN2O3/c14-8-2-3-9(13(19)20)10(5-8)17-12(18)7-1-4-11(15)16-6-7/h1-6H,(H,17,18)(H,19,20). The third kappa shape index (κ3) is 3.34. The highest BCUT2D eigenvalue weighted by molar-refractivity contribution is 9.10. The molecule has 20 heavy (non-hydrogen) atoms. The molecular formula is C13H8BrClN2O3. The molecule has 0 saturated carbocycles. The van der Waals surface area contributed by atoms with Crippen LogP contribution in [-0.4, -0.2) is 22.0 Å². The van der Waals surface area contributed by atoms with Crippen molar-refractivity contribution in [1.82, 2.24) is 4.98 Å². The molecule has 1 aromatic carbocycles. The van der Waals surface area contributed by atoms with Crippen molar-refractivity contribution in [3.05, 3.63) is 57.3 Å². The summed E-state index contributed by atoms with van der Waals surface area (Å²) in [4.78, 5) is 26.9. The Morgan fingerprint density at radius 1 is 1.25 bits per heavy atom. The number of carboxylic acids is 1. The van der Waals surface area contributed by atoms with Crippen molar-refractivity contribution in [2.75, 3.05) is 5.32 Å². The molecule has 2 aromatic rings. The Labute approximate surface area is 127 Å². The lowest BCUT2D eigenvalue weighted by Crippen LogP contribution is -2.15. The molecule has 0 fully saturated rings. The zero-order valence-corrected chi connectivity index (χ0v) is 12.3. The highest BCUT2D eigenvalue weighted by Gasteiger charge is 2.14. The van der Waals surface area contributed by atoms with Gasteiger partial charge in [-0.3, -0.25) is 4.79 Å². The molecular weight excluding hydrogens is 348 g/mol. The Balaban J connectivity index is 2.29. The summed E-state index contributed by atoms with van der Waals surface area (Å²) in [6, 6.07) is 7.49. The fourth-order valence-corrected chi connectivity index (χ4v) is 1.98. The lowest BCUT2D eigenvalue weighted by atomic mass is 10.1. The number of nitrogens with zero attached hydrogens (tertiary/aromatic N) is 1. The van der Waals surface area contributed by atoms with Gasteiger partial charge in [-0.15, -0.1) is 0 Å². The first-order valence-corrected chi connectivity index (χ1v) is 6.60. The fraction of sp³-hybridized carbons (Fsp3) is 0. The number of halogens is 2. The summed E-state index contributed by atoms with van der Waals surface area (Å²) in [6.07, 6.45) is 1.32. The smallest absolute Gasteiger partial charge is 0.337 e. The van der Waals surface area contributed by atoms with E-state index in [2.05, 4.69) is 26.2 Å². The van der Waals surface area contributed by atoms with E-state index in [1.54, 1.807) is 6.07 Å². The van der Waals surface area contributed by atoms with Gasteiger partial charge in [-0.25, -0.2) is 9.78 Å². The molecule has 2 rings (SSSR count). The maximum Gasteiger partial charge on any atom is 0.337 e. The molecule has 0 aliphatic rings. The van der Waals surface area contributed by atoms with Crippen LogP contribution in [0.1, 0.15) is 20.7 Å². The van der Waals surface area contributed by atoms with E-state index in [0.29, 0.717) is 4.47 Å². The van der Waals surface area contributed by atoms with Crippen molar-refractivity contribution in [2.45, 2.75) is 0 Å². The van der Waals surface area contributed by atoms with Crippen molar-refractivity contribution in [3.63, 3.8) is 0 Å². The number of anilines is 1. The molecule has 2 N–H and O–H groups in total. The maximum absolute atomic E-state index is 12.0. The van der Waals surface area contributed by atoms with Gasteiger partial charge in [-0.05, 0) is 30.3 Å². The van der Waals surface area contributed by atoms with Gasteiger partial charge in [-0.2, -0.15) is 0 Å². The molecule has 1 amide bonds. The number of carbonyl (C=O) groups is 2. The number of hydrogen-bond donors (Lipinski definition) is 2. The van der Waals surface area contributed by atoms with E-state index in [1.807, 2.05) is 0 Å². The van der Waals surface area contributed by atoms with Crippen molar-refractivity contribution in [3.8, 4) is 0 Å². The van der Waals surface area contributed by atoms with Gasteiger partial charge in [-0.1, -0.05) is 27.5 Å². The molecule has 0 atom stereocenters. The molecule has 0 aliphatic heterocycles. The van der Waals surface area contributed by atoms with Crippen LogP contribution in [0, 0.1) is 0 Å². The molecule has 0 saturated heterocycles. The van der Waals surface area contributed by atoms with Crippen molar-refractivity contribution >= 4 is 45.1 Å². The van der Waals surface area contributed by atoms with Crippen LogP contribution in [0.4, 0.5) is 5.69 Å². The number of benzene rings is 1. The Hall–Kier alpha value is -1.92. The van der Waals surface area contributed by atoms with Crippen molar-refractivity contribution in [1.29, 1.82) is 0 Å². The van der Waals surface area contributed by atoms with Crippen LogP contribution in [0.2, 0.25) is 5.15 Å². The van der Waals surface area contributed by atoms with Gasteiger partial charge in [0, 0.05) is 10.7 Å². The van der Waals surface area contributed by atoms with E-state index < -0.39 is 11.9 Å². The number of rotatable bonds is 3. The van der Waals surface area contributed by atoms with E-state index in [9.17, 15) is 9.59 Å². The van der Waals surface area contributed by atoms with Gasteiger partial charge in [0.05, 0.1) is 16.8 Å². The second-order valence-corrected chi connectivity index (χ2v) is 5.12. The maximum atomic E-state index is 12.0. The van der Waals surface area contributed by atoms with Gasteiger partial charge >= 0.3 is 5.97 Å². The number of aromatic carboxylic acids is 1. The number of carboxylic acid groups (broad SMARTS) is 1. The first kappa shape index (κ1) is 14.5. The summed E-state index contributed by atoms with van der Waals surface area (Å²) in [5.74, 6) is -1.59. The minimum atomic E-state index is -1.12. The van der Waals surface area contributed by atoms with Crippen LogP contribution < -0.4 is 5.32 Å². The molecule has 5 nitrogen and oxygen atoms in total. The van der Waals surface area contributed by atoms with Crippen LogP contribution >= 0.6 is 27.5 Å². The molecule has 102 valence electrons. The zero-order valence-electron chi connectivity index (χ0n) is 9.93. The number of hydrogen-bond acceptors (Lipinski definition) is 3. The predicted octanol–water partition coefficient (Wildman–Crippen LogP) is 3.45. The monoisotopic (exact) mass is 354 g/mol. The normalized spacial score (nSPS) is 10.1. The van der Waals surface area contributed by atoms with Gasteiger partial charge in [0.25, 0.3) is 5.91 Å². The minimum Gasteiger partial charge on any atom is -0.478 e. The number of pyridine rings is 1. The predicted molar refractivity (Wildman–Crippen MR) is 78.3 cm³/mol. The number of aromatic nitrogens is 1. The molecule has 7 heteroatoms. The summed E-state index contributed by atoms with van der Waals surface area (Å²) in [7, 11) is 0. The van der Waals surface area contributed by atoms with E-state index in [4.69, 9.17) is 16.7 Å². The van der Waals surface area contributed by atoms with Crippen LogP contribution in [0.25, 0.3) is 0 Å². The molecule has 0 bridgehead atoms. The zero-order chi connectivity index (χ0) is 14.7. The average Bonchev–Trinajstić information content (AvgIpc) is 2.39. The number of nitrogens with one attached hydrogen (secondary N) is 1. The molecule has 0 aliphatic carbocycles. The lowest BCUT2D eigenvalue weighted by Gasteiger charge is -2.09. The average molecular weight is 356 g/mol. The summed E-state index contributed by atoms with van der Waals surface area (Å²) in [5, 5.41) is 11.9. The number of carbonyl (C=O) groups excluding carboxylic acids is 1. The second-order valence-electron chi connectivity index (χ2n) is 3.82. The summed E-state index contributed by atoms with van der Waals surface area (Å²) < 4.78 is 0.659. The highest BCUT2D eigenvalue weighted by Crippen LogP contribution is 2.22. The third-order valence-electron chi connectivity index (χ3n) is 2.45. The quantitative estimate of drug-likeness (QED) is 0.827. The van der Waals surface area contributed by atoms with Gasteiger partial charge in [0.1, 0.15) is 5.15 Å². The number of amides is 1. The highest BCUT2D eigenvalue weighted by atomic mass is 79.9. The Bertz CT molecular complexity index is 674. The van der Waals surface area contributed by atoms with Gasteiger partial charge in [0.2, 0.25) is 0 Å². The van der Waals surface area contributed by atoms with Gasteiger partial charge in [0.15, 0.2) is 0 Å². The SMILES string of the molecule is O=C(Nc1cc(Br)ccc1C(=O)O)c1ccc(Cl)nc1. The van der Waals surface area contributed by atoms with Crippen LogP contribution in [0.3, 0.4) is 0 Å². The molecule has 0 radical (unpaired) electrons. The Morgan fingerprint density at radius 3 is 2.60 bits per heavy atom. The van der Waals surface area contributed by atoms with Crippen LogP contribution in [-0.2, 0) is 0 Å². The lowest BCUT2D eigenvalue weighted by molar-refractivity contribution is 0.0698. The van der Waals surface area contributed by atoms with Crippen LogP contribution in [0.5, 0.6) is 0 Å². The summed E-state index contributed by atoms with van der Waals surface area (Å²) in [6.45, 7) is 0. The second kappa shape index (κ2) is 6.02. The summed E-state index contributed by atoms with van der Waals surface area (Å²) in [5.41, 5.74) is 0.487. The van der Waals surface area contributed by atoms with E-state index in [-0.39, 0.29) is 22.0 Å². The summed E-state index contributed by atoms with van der Waals surface area (Å²) >= 11 is 8.86. The van der Waals surface area contributed by atoms with Crippen molar-refractivity contribution in [2.24, 2.45) is 0 Å². The molecule has 1 heterocycles. The third-order valence-corrected chi connectivity index (χ3v) is 3.17.